The molecule has 3 aromatic carbocycles. The predicted octanol–water partition coefficient (Wildman–Crippen LogP) is 8.39. The molecular formula is C31H33F. The molecule has 0 spiro atoms. The maximum Gasteiger partial charge on any atom is 0.134 e. The van der Waals surface area contributed by atoms with Gasteiger partial charge in [0.05, 0.1) is 0 Å². The minimum absolute atomic E-state index is 0.0554. The van der Waals surface area contributed by atoms with Gasteiger partial charge in [-0.25, -0.2) is 4.39 Å². The molecule has 0 amide bonds. The zero-order chi connectivity index (χ0) is 22.3. The molecule has 164 valence electrons. The molecule has 0 saturated heterocycles. The molecular weight excluding hydrogens is 391 g/mol. The van der Waals surface area contributed by atoms with E-state index in [1.54, 1.807) is 0 Å². The number of hydrogen-bond donors (Lipinski definition) is 0. The average Bonchev–Trinajstić information content (AvgIpc) is 2.82. The Bertz CT molecular complexity index is 1120. The molecule has 0 radical (unpaired) electrons. The third-order valence-electron chi connectivity index (χ3n) is 7.00. The molecule has 0 heterocycles. The Morgan fingerprint density at radius 2 is 1.53 bits per heavy atom. The Hall–Kier alpha value is -2.85. The van der Waals surface area contributed by atoms with Crippen molar-refractivity contribution in [3.05, 3.63) is 95.3 Å². The summed E-state index contributed by atoms with van der Waals surface area (Å²) < 4.78 is 15.2. The molecule has 0 aliphatic heterocycles. The Morgan fingerprint density at radius 3 is 2.25 bits per heavy atom. The molecule has 1 aliphatic rings. The first-order chi connectivity index (χ1) is 15.6. The van der Waals surface area contributed by atoms with Gasteiger partial charge in [0.25, 0.3) is 0 Å². The first-order valence-electron chi connectivity index (χ1n) is 12.0. The lowest BCUT2D eigenvalue weighted by atomic mass is 9.78. The second-order valence-electron chi connectivity index (χ2n) is 9.38. The molecule has 4 rings (SSSR count). The second kappa shape index (κ2) is 10.6. The summed E-state index contributed by atoms with van der Waals surface area (Å²) in [7, 11) is 0. The molecule has 0 atom stereocenters. The largest absolute Gasteiger partial charge is 0.206 e. The lowest BCUT2D eigenvalue weighted by Crippen LogP contribution is -2.15. The average molecular weight is 425 g/mol. The summed E-state index contributed by atoms with van der Waals surface area (Å²) in [5, 5.41) is 1.63. The van der Waals surface area contributed by atoms with Gasteiger partial charge in [0.15, 0.2) is 0 Å². The monoisotopic (exact) mass is 424 g/mol. The molecule has 1 aliphatic carbocycles. The van der Waals surface area contributed by atoms with Gasteiger partial charge in [-0.15, -0.1) is 6.58 Å². The summed E-state index contributed by atoms with van der Waals surface area (Å²) >= 11 is 0. The highest BCUT2D eigenvalue weighted by Crippen LogP contribution is 2.34. The van der Waals surface area contributed by atoms with E-state index in [0.29, 0.717) is 5.39 Å². The molecule has 0 unspecified atom stereocenters. The summed E-state index contributed by atoms with van der Waals surface area (Å²) in [5.41, 5.74) is 3.99. The van der Waals surface area contributed by atoms with Crippen LogP contribution in [-0.2, 0) is 6.42 Å². The highest BCUT2D eigenvalue weighted by Gasteiger charge is 2.21. The van der Waals surface area contributed by atoms with Crippen LogP contribution < -0.4 is 0 Å². The molecule has 1 heteroatoms. The van der Waals surface area contributed by atoms with Crippen LogP contribution in [0.3, 0.4) is 0 Å². The van der Waals surface area contributed by atoms with E-state index in [0.717, 1.165) is 53.2 Å². The van der Waals surface area contributed by atoms with Gasteiger partial charge >= 0.3 is 0 Å². The zero-order valence-corrected chi connectivity index (χ0v) is 19.2. The molecule has 1 fully saturated rings. The van der Waals surface area contributed by atoms with E-state index in [1.807, 2.05) is 42.5 Å². The fourth-order valence-electron chi connectivity index (χ4n) is 4.91. The van der Waals surface area contributed by atoms with Crippen LogP contribution in [0.2, 0.25) is 0 Å². The van der Waals surface area contributed by atoms with E-state index >= 15 is 4.39 Å². The molecule has 1 saturated carbocycles. The quantitative estimate of drug-likeness (QED) is 0.275. The van der Waals surface area contributed by atoms with Crippen LogP contribution in [0.1, 0.15) is 67.2 Å². The summed E-state index contributed by atoms with van der Waals surface area (Å²) in [5.74, 6) is 7.96. The standard InChI is InChI=1S/C31H33F/c1-3-4-5-24-10-12-26(13-11-24)16-18-28-19-20-29-22-27(17-21-30(29)31(28)32)15-14-25-8-6-23(2)7-9-25/h3,6-9,17,19-22,24,26H,1,4-5,10-13,16,18H2,2H3. The van der Waals surface area contributed by atoms with Gasteiger partial charge in [0, 0.05) is 16.5 Å². The molecule has 0 bridgehead atoms. The Kier molecular flexibility index (Phi) is 7.43. The Labute approximate surface area is 192 Å². The number of fused-ring (bicyclic) bond motifs is 1. The van der Waals surface area contributed by atoms with Crippen LogP contribution >= 0.6 is 0 Å². The van der Waals surface area contributed by atoms with Crippen molar-refractivity contribution in [3.63, 3.8) is 0 Å². The Balaban J connectivity index is 1.39. The van der Waals surface area contributed by atoms with E-state index < -0.39 is 0 Å². The molecule has 0 aromatic heterocycles. The number of allylic oxidation sites excluding steroid dienone is 1. The van der Waals surface area contributed by atoms with Gasteiger partial charge < -0.3 is 0 Å². The predicted molar refractivity (Wildman–Crippen MR) is 134 cm³/mol. The SMILES string of the molecule is C=CCCC1CCC(CCc2ccc3cc(C#Cc4ccc(C)cc4)ccc3c2F)CC1. The first kappa shape index (κ1) is 22.3. The highest BCUT2D eigenvalue weighted by molar-refractivity contribution is 5.85. The van der Waals surface area contributed by atoms with Crippen molar-refractivity contribution in [1.82, 2.24) is 0 Å². The topological polar surface area (TPSA) is 0 Å². The second-order valence-corrected chi connectivity index (χ2v) is 9.38. The number of benzene rings is 3. The fraction of sp³-hybridized carbons (Fsp3) is 0.355. The summed E-state index contributed by atoms with van der Waals surface area (Å²) in [6.07, 6.45) is 11.6. The minimum Gasteiger partial charge on any atom is -0.206 e. The van der Waals surface area contributed by atoms with Crippen LogP contribution in [0.4, 0.5) is 4.39 Å². The normalized spacial score (nSPS) is 18.2. The van der Waals surface area contributed by atoms with Crippen molar-refractivity contribution < 1.29 is 4.39 Å². The van der Waals surface area contributed by atoms with Crippen LogP contribution in [0.5, 0.6) is 0 Å². The van der Waals surface area contributed by atoms with Gasteiger partial charge in [-0.1, -0.05) is 79.5 Å². The van der Waals surface area contributed by atoms with E-state index in [2.05, 4.69) is 43.5 Å². The first-order valence-corrected chi connectivity index (χ1v) is 12.0. The lowest BCUT2D eigenvalue weighted by Gasteiger charge is -2.28. The summed E-state index contributed by atoms with van der Waals surface area (Å²) in [4.78, 5) is 0. The number of hydrogen-bond acceptors (Lipinski definition) is 0. The minimum atomic E-state index is -0.0554. The fourth-order valence-corrected chi connectivity index (χ4v) is 4.91. The smallest absolute Gasteiger partial charge is 0.134 e. The molecule has 0 nitrogen and oxygen atoms in total. The summed E-state index contributed by atoms with van der Waals surface area (Å²) in [6, 6.07) is 18.0. The van der Waals surface area contributed by atoms with Gasteiger partial charge in [0.2, 0.25) is 0 Å². The zero-order valence-electron chi connectivity index (χ0n) is 19.2. The molecule has 0 N–H and O–H groups in total. The van der Waals surface area contributed by atoms with Crippen molar-refractivity contribution >= 4 is 10.8 Å². The van der Waals surface area contributed by atoms with Gasteiger partial charge in [-0.05, 0) is 79.7 Å². The van der Waals surface area contributed by atoms with E-state index in [9.17, 15) is 0 Å². The van der Waals surface area contributed by atoms with Crippen LogP contribution in [0.15, 0.2) is 67.3 Å². The van der Waals surface area contributed by atoms with Gasteiger partial charge in [0.1, 0.15) is 5.82 Å². The van der Waals surface area contributed by atoms with Gasteiger partial charge in [-0.3, -0.25) is 0 Å². The number of aryl methyl sites for hydroxylation is 2. The van der Waals surface area contributed by atoms with Crippen LogP contribution in [0, 0.1) is 36.4 Å². The van der Waals surface area contributed by atoms with Crippen molar-refractivity contribution in [2.24, 2.45) is 11.8 Å². The Morgan fingerprint density at radius 1 is 0.875 bits per heavy atom. The summed E-state index contributed by atoms with van der Waals surface area (Å²) in [6.45, 7) is 5.91. The third-order valence-corrected chi connectivity index (χ3v) is 7.00. The number of halogens is 1. The van der Waals surface area contributed by atoms with Crippen LogP contribution in [0.25, 0.3) is 10.8 Å². The van der Waals surface area contributed by atoms with Crippen molar-refractivity contribution in [2.45, 2.75) is 58.3 Å². The van der Waals surface area contributed by atoms with Crippen molar-refractivity contribution in [2.75, 3.05) is 0 Å². The van der Waals surface area contributed by atoms with E-state index in [4.69, 9.17) is 0 Å². The van der Waals surface area contributed by atoms with E-state index in [1.165, 1.54) is 37.7 Å². The maximum atomic E-state index is 15.2. The van der Waals surface area contributed by atoms with Crippen LogP contribution in [-0.4, -0.2) is 0 Å². The molecule has 32 heavy (non-hydrogen) atoms. The maximum absolute atomic E-state index is 15.2. The van der Waals surface area contributed by atoms with Crippen molar-refractivity contribution in [1.29, 1.82) is 0 Å². The van der Waals surface area contributed by atoms with Gasteiger partial charge in [-0.2, -0.15) is 0 Å². The van der Waals surface area contributed by atoms with E-state index in [-0.39, 0.29) is 5.82 Å². The lowest BCUT2D eigenvalue weighted by molar-refractivity contribution is 0.254. The highest BCUT2D eigenvalue weighted by atomic mass is 19.1. The third kappa shape index (κ3) is 5.68. The molecule has 3 aromatic rings. The number of rotatable bonds is 6. The van der Waals surface area contributed by atoms with Crippen molar-refractivity contribution in [3.8, 4) is 11.8 Å².